The summed E-state index contributed by atoms with van der Waals surface area (Å²) in [4.78, 5) is 8.37. The van der Waals surface area contributed by atoms with E-state index in [9.17, 15) is 0 Å². The fourth-order valence-electron chi connectivity index (χ4n) is 1.83. The van der Waals surface area contributed by atoms with E-state index in [1.807, 2.05) is 13.1 Å². The second kappa shape index (κ2) is 4.37. The van der Waals surface area contributed by atoms with Gasteiger partial charge in [-0.2, -0.15) is 0 Å². The summed E-state index contributed by atoms with van der Waals surface area (Å²) in [6.07, 6.45) is 3.95. The molecule has 2 heterocycles. The Morgan fingerprint density at radius 1 is 1.57 bits per heavy atom. The van der Waals surface area contributed by atoms with Crippen LogP contribution >= 0.6 is 0 Å². The Labute approximate surface area is 84.2 Å². The summed E-state index contributed by atoms with van der Waals surface area (Å²) in [5, 5.41) is 6.39. The van der Waals surface area contributed by atoms with Crippen LogP contribution in [0.1, 0.15) is 12.1 Å². The SMILES string of the molecule is CNc1cc(CC2CCNC2)ncn1. The van der Waals surface area contributed by atoms with Crippen molar-refractivity contribution in [3.05, 3.63) is 18.1 Å². The molecule has 4 nitrogen and oxygen atoms in total. The van der Waals surface area contributed by atoms with E-state index >= 15 is 0 Å². The maximum absolute atomic E-state index is 4.27. The van der Waals surface area contributed by atoms with Crippen LogP contribution in [0.2, 0.25) is 0 Å². The highest BCUT2D eigenvalue weighted by Gasteiger charge is 2.15. The molecule has 0 radical (unpaired) electrons. The molecule has 1 saturated heterocycles. The van der Waals surface area contributed by atoms with Gasteiger partial charge in [0, 0.05) is 18.8 Å². The van der Waals surface area contributed by atoms with Gasteiger partial charge >= 0.3 is 0 Å². The van der Waals surface area contributed by atoms with Crippen molar-refractivity contribution in [2.45, 2.75) is 12.8 Å². The molecule has 0 spiro atoms. The molecule has 0 saturated carbocycles. The van der Waals surface area contributed by atoms with Gasteiger partial charge in [0.1, 0.15) is 12.1 Å². The van der Waals surface area contributed by atoms with Crippen LogP contribution < -0.4 is 10.6 Å². The molecule has 0 amide bonds. The Bertz CT molecular complexity index is 294. The Kier molecular flexibility index (Phi) is 2.93. The molecule has 0 aliphatic carbocycles. The van der Waals surface area contributed by atoms with Gasteiger partial charge in [-0.1, -0.05) is 0 Å². The summed E-state index contributed by atoms with van der Waals surface area (Å²) in [7, 11) is 1.88. The third-order valence-electron chi connectivity index (χ3n) is 2.64. The van der Waals surface area contributed by atoms with E-state index in [1.165, 1.54) is 6.42 Å². The topological polar surface area (TPSA) is 49.8 Å². The van der Waals surface area contributed by atoms with Crippen molar-refractivity contribution in [1.82, 2.24) is 15.3 Å². The Balaban J connectivity index is 2.00. The lowest BCUT2D eigenvalue weighted by molar-refractivity contribution is 0.571. The first-order valence-corrected chi connectivity index (χ1v) is 5.08. The van der Waals surface area contributed by atoms with Gasteiger partial charge in [-0.3, -0.25) is 0 Å². The molecule has 1 atom stereocenters. The van der Waals surface area contributed by atoms with Gasteiger partial charge in [-0.25, -0.2) is 9.97 Å². The van der Waals surface area contributed by atoms with E-state index in [0.717, 1.165) is 36.9 Å². The summed E-state index contributed by atoms with van der Waals surface area (Å²) >= 11 is 0. The molecule has 76 valence electrons. The molecular formula is C10H16N4. The molecule has 0 bridgehead atoms. The van der Waals surface area contributed by atoms with E-state index in [1.54, 1.807) is 6.33 Å². The predicted octanol–water partition coefficient (Wildman–Crippen LogP) is 0.670. The molecular weight excluding hydrogens is 176 g/mol. The van der Waals surface area contributed by atoms with Crippen LogP contribution in [-0.2, 0) is 6.42 Å². The minimum atomic E-state index is 0.745. The van der Waals surface area contributed by atoms with Crippen LogP contribution in [0.15, 0.2) is 12.4 Å². The number of hydrogen-bond donors (Lipinski definition) is 2. The zero-order valence-electron chi connectivity index (χ0n) is 8.45. The minimum Gasteiger partial charge on any atom is -0.373 e. The minimum absolute atomic E-state index is 0.745. The van der Waals surface area contributed by atoms with Crippen LogP contribution in [0.5, 0.6) is 0 Å². The van der Waals surface area contributed by atoms with Crippen LogP contribution in [0, 0.1) is 5.92 Å². The molecule has 2 N–H and O–H groups in total. The summed E-state index contributed by atoms with van der Waals surface area (Å²) in [6, 6.07) is 2.03. The van der Waals surface area contributed by atoms with Crippen molar-refractivity contribution >= 4 is 5.82 Å². The largest absolute Gasteiger partial charge is 0.373 e. The van der Waals surface area contributed by atoms with Gasteiger partial charge in [0.25, 0.3) is 0 Å². The zero-order valence-corrected chi connectivity index (χ0v) is 8.45. The molecule has 1 fully saturated rings. The highest BCUT2D eigenvalue weighted by molar-refractivity contribution is 5.33. The Hall–Kier alpha value is -1.16. The summed E-state index contributed by atoms with van der Waals surface area (Å²) < 4.78 is 0. The summed E-state index contributed by atoms with van der Waals surface area (Å²) in [6.45, 7) is 2.27. The van der Waals surface area contributed by atoms with Gasteiger partial charge < -0.3 is 10.6 Å². The number of rotatable bonds is 3. The first-order chi connectivity index (χ1) is 6.88. The smallest absolute Gasteiger partial charge is 0.129 e. The summed E-state index contributed by atoms with van der Waals surface area (Å²) in [5.74, 6) is 1.65. The number of aromatic nitrogens is 2. The first-order valence-electron chi connectivity index (χ1n) is 5.08. The Morgan fingerprint density at radius 3 is 3.21 bits per heavy atom. The molecule has 1 aliphatic heterocycles. The van der Waals surface area contributed by atoms with Crippen molar-refractivity contribution in [2.24, 2.45) is 5.92 Å². The number of anilines is 1. The third-order valence-corrected chi connectivity index (χ3v) is 2.64. The normalized spacial score (nSPS) is 21.1. The maximum atomic E-state index is 4.27. The van der Waals surface area contributed by atoms with E-state index in [0.29, 0.717) is 0 Å². The third kappa shape index (κ3) is 2.20. The van der Waals surface area contributed by atoms with Crippen molar-refractivity contribution < 1.29 is 0 Å². The number of nitrogens with one attached hydrogen (secondary N) is 2. The van der Waals surface area contributed by atoms with Crippen molar-refractivity contribution in [3.8, 4) is 0 Å². The first kappa shape index (κ1) is 9.40. The molecule has 2 rings (SSSR count). The standard InChI is InChI=1S/C10H16N4/c1-11-10-5-9(13-7-14-10)4-8-2-3-12-6-8/h5,7-8,12H,2-4,6H2,1H3,(H,11,13,14). The number of hydrogen-bond acceptors (Lipinski definition) is 4. The van der Waals surface area contributed by atoms with E-state index < -0.39 is 0 Å². The van der Waals surface area contributed by atoms with Crippen molar-refractivity contribution in [1.29, 1.82) is 0 Å². The molecule has 1 aromatic rings. The molecule has 0 aromatic carbocycles. The van der Waals surface area contributed by atoms with Crippen molar-refractivity contribution in [2.75, 3.05) is 25.5 Å². The molecule has 1 aromatic heterocycles. The molecule has 1 unspecified atom stereocenters. The van der Waals surface area contributed by atoms with Crippen LogP contribution in [0.4, 0.5) is 5.82 Å². The van der Waals surface area contributed by atoms with Gasteiger partial charge in [0.15, 0.2) is 0 Å². The molecule has 1 aliphatic rings. The highest BCUT2D eigenvalue weighted by atomic mass is 15.0. The highest BCUT2D eigenvalue weighted by Crippen LogP contribution is 2.14. The zero-order chi connectivity index (χ0) is 9.80. The Morgan fingerprint density at radius 2 is 2.50 bits per heavy atom. The van der Waals surface area contributed by atoms with E-state index in [2.05, 4.69) is 20.6 Å². The van der Waals surface area contributed by atoms with Gasteiger partial charge in [0.2, 0.25) is 0 Å². The van der Waals surface area contributed by atoms with Gasteiger partial charge in [-0.05, 0) is 31.8 Å². The quantitative estimate of drug-likeness (QED) is 0.739. The van der Waals surface area contributed by atoms with Crippen LogP contribution in [0.25, 0.3) is 0 Å². The summed E-state index contributed by atoms with van der Waals surface area (Å²) in [5.41, 5.74) is 1.14. The van der Waals surface area contributed by atoms with E-state index in [-0.39, 0.29) is 0 Å². The maximum Gasteiger partial charge on any atom is 0.129 e. The van der Waals surface area contributed by atoms with E-state index in [4.69, 9.17) is 0 Å². The van der Waals surface area contributed by atoms with Crippen LogP contribution in [0.3, 0.4) is 0 Å². The van der Waals surface area contributed by atoms with Gasteiger partial charge in [0.05, 0.1) is 0 Å². The van der Waals surface area contributed by atoms with Crippen molar-refractivity contribution in [3.63, 3.8) is 0 Å². The lowest BCUT2D eigenvalue weighted by Crippen LogP contribution is -2.11. The second-order valence-electron chi connectivity index (χ2n) is 3.71. The molecule has 4 heteroatoms. The fraction of sp³-hybridized carbons (Fsp3) is 0.600. The monoisotopic (exact) mass is 192 g/mol. The second-order valence-corrected chi connectivity index (χ2v) is 3.71. The predicted molar refractivity (Wildman–Crippen MR) is 56.3 cm³/mol. The lowest BCUT2D eigenvalue weighted by Gasteiger charge is -2.07. The fourth-order valence-corrected chi connectivity index (χ4v) is 1.83. The number of nitrogens with zero attached hydrogens (tertiary/aromatic N) is 2. The van der Waals surface area contributed by atoms with Gasteiger partial charge in [-0.15, -0.1) is 0 Å². The molecule has 14 heavy (non-hydrogen) atoms. The average Bonchev–Trinajstić information content (AvgIpc) is 2.71. The average molecular weight is 192 g/mol. The lowest BCUT2D eigenvalue weighted by atomic mass is 10.0. The van der Waals surface area contributed by atoms with Crippen LogP contribution in [-0.4, -0.2) is 30.1 Å².